The number of hydrazine groups is 1. The van der Waals surface area contributed by atoms with Gasteiger partial charge in [0.25, 0.3) is 0 Å². The van der Waals surface area contributed by atoms with Crippen LogP contribution in [0.4, 0.5) is 10.5 Å². The van der Waals surface area contributed by atoms with E-state index in [0.29, 0.717) is 12.3 Å². The molecule has 0 spiro atoms. The first kappa shape index (κ1) is 18.4. The summed E-state index contributed by atoms with van der Waals surface area (Å²) < 4.78 is 5.97. The standard InChI is InChI=1S/C21H22N4O2/c1-14-7-9-18(23-12-14)16-8-10-20(15(2)11-16)27-13-17-5-3-4-6-19(17)24-21(26)25-22/h3-12H,13,22H2,1-2H3,(H2,24,25,26). The summed E-state index contributed by atoms with van der Waals surface area (Å²) in [5.41, 5.74) is 7.67. The van der Waals surface area contributed by atoms with Crippen LogP contribution in [-0.4, -0.2) is 11.0 Å². The number of nitrogens with two attached hydrogens (primary N) is 1. The third-order valence-electron chi connectivity index (χ3n) is 4.16. The van der Waals surface area contributed by atoms with Gasteiger partial charge in [-0.3, -0.25) is 10.4 Å². The van der Waals surface area contributed by atoms with Crippen molar-refractivity contribution >= 4 is 11.7 Å². The Morgan fingerprint density at radius 3 is 2.63 bits per heavy atom. The van der Waals surface area contributed by atoms with Crippen LogP contribution in [0.25, 0.3) is 11.3 Å². The zero-order valence-electron chi connectivity index (χ0n) is 15.3. The number of benzene rings is 2. The van der Waals surface area contributed by atoms with Crippen molar-refractivity contribution in [2.45, 2.75) is 20.5 Å². The predicted octanol–water partition coefficient (Wildman–Crippen LogP) is 3.94. The number of pyridine rings is 1. The summed E-state index contributed by atoms with van der Waals surface area (Å²) in [6.45, 7) is 4.34. The molecule has 6 nitrogen and oxygen atoms in total. The highest BCUT2D eigenvalue weighted by atomic mass is 16.5. The van der Waals surface area contributed by atoms with E-state index in [1.54, 1.807) is 6.07 Å². The molecule has 0 aliphatic rings. The number of hydrogen-bond donors (Lipinski definition) is 3. The Balaban J connectivity index is 1.74. The van der Waals surface area contributed by atoms with E-state index >= 15 is 0 Å². The van der Waals surface area contributed by atoms with Crippen LogP contribution in [0.5, 0.6) is 5.75 Å². The lowest BCUT2D eigenvalue weighted by Gasteiger charge is -2.14. The second-order valence-corrected chi connectivity index (χ2v) is 6.25. The highest BCUT2D eigenvalue weighted by Crippen LogP contribution is 2.26. The van der Waals surface area contributed by atoms with E-state index in [0.717, 1.165) is 33.7 Å². The summed E-state index contributed by atoms with van der Waals surface area (Å²) in [7, 11) is 0. The Kier molecular flexibility index (Phi) is 5.68. The number of hydrogen-bond acceptors (Lipinski definition) is 4. The maximum Gasteiger partial charge on any atom is 0.333 e. The topological polar surface area (TPSA) is 89.3 Å². The van der Waals surface area contributed by atoms with Crippen molar-refractivity contribution in [1.29, 1.82) is 0 Å². The quantitative estimate of drug-likeness (QED) is 0.364. The van der Waals surface area contributed by atoms with Crippen molar-refractivity contribution in [2.24, 2.45) is 5.84 Å². The Morgan fingerprint density at radius 1 is 1.11 bits per heavy atom. The molecule has 138 valence electrons. The molecule has 0 bridgehead atoms. The Morgan fingerprint density at radius 2 is 1.93 bits per heavy atom. The minimum absolute atomic E-state index is 0.323. The number of carbonyl (C=O) groups is 1. The van der Waals surface area contributed by atoms with Gasteiger partial charge in [0.2, 0.25) is 0 Å². The zero-order valence-corrected chi connectivity index (χ0v) is 15.3. The summed E-state index contributed by atoms with van der Waals surface area (Å²) in [6, 6.07) is 17.0. The summed E-state index contributed by atoms with van der Waals surface area (Å²) in [5.74, 6) is 5.91. The lowest BCUT2D eigenvalue weighted by atomic mass is 10.1. The molecule has 0 radical (unpaired) electrons. The number of para-hydroxylation sites is 1. The maximum atomic E-state index is 11.5. The number of amides is 2. The molecule has 4 N–H and O–H groups in total. The van der Waals surface area contributed by atoms with Crippen LogP contribution in [0, 0.1) is 13.8 Å². The second kappa shape index (κ2) is 8.33. The molecule has 2 amide bonds. The number of aromatic nitrogens is 1. The molecule has 0 atom stereocenters. The first-order valence-electron chi connectivity index (χ1n) is 8.59. The third-order valence-corrected chi connectivity index (χ3v) is 4.16. The van der Waals surface area contributed by atoms with E-state index in [1.807, 2.05) is 62.5 Å². The Bertz CT molecular complexity index is 939. The van der Waals surface area contributed by atoms with Gasteiger partial charge >= 0.3 is 6.03 Å². The van der Waals surface area contributed by atoms with Crippen LogP contribution in [0.15, 0.2) is 60.8 Å². The maximum absolute atomic E-state index is 11.5. The normalized spacial score (nSPS) is 10.3. The molecular weight excluding hydrogens is 340 g/mol. The number of carbonyl (C=O) groups excluding carboxylic acids is 1. The van der Waals surface area contributed by atoms with E-state index in [-0.39, 0.29) is 0 Å². The number of nitrogens with one attached hydrogen (secondary N) is 2. The number of rotatable bonds is 5. The van der Waals surface area contributed by atoms with Gasteiger partial charge in [-0.05, 0) is 55.3 Å². The SMILES string of the molecule is Cc1ccc(-c2ccc(OCc3ccccc3NC(=O)NN)c(C)c2)nc1. The van der Waals surface area contributed by atoms with Gasteiger partial charge in [-0.1, -0.05) is 24.3 Å². The van der Waals surface area contributed by atoms with Crippen molar-refractivity contribution in [1.82, 2.24) is 10.4 Å². The van der Waals surface area contributed by atoms with E-state index in [4.69, 9.17) is 10.6 Å². The third kappa shape index (κ3) is 4.62. The van der Waals surface area contributed by atoms with Crippen LogP contribution in [0.2, 0.25) is 0 Å². The number of anilines is 1. The summed E-state index contributed by atoms with van der Waals surface area (Å²) in [6.07, 6.45) is 1.86. The van der Waals surface area contributed by atoms with Gasteiger partial charge in [-0.15, -0.1) is 0 Å². The fourth-order valence-corrected chi connectivity index (χ4v) is 2.69. The van der Waals surface area contributed by atoms with Gasteiger partial charge in [-0.25, -0.2) is 10.6 Å². The van der Waals surface area contributed by atoms with Gasteiger partial charge in [0, 0.05) is 23.0 Å². The van der Waals surface area contributed by atoms with Crippen molar-refractivity contribution < 1.29 is 9.53 Å². The Hall–Kier alpha value is -3.38. The van der Waals surface area contributed by atoms with Crippen molar-refractivity contribution in [3.63, 3.8) is 0 Å². The van der Waals surface area contributed by atoms with Gasteiger partial charge in [0.1, 0.15) is 12.4 Å². The highest BCUT2D eigenvalue weighted by Gasteiger charge is 2.08. The first-order valence-corrected chi connectivity index (χ1v) is 8.59. The summed E-state index contributed by atoms with van der Waals surface area (Å²) >= 11 is 0. The zero-order chi connectivity index (χ0) is 19.2. The largest absolute Gasteiger partial charge is 0.489 e. The molecule has 0 aliphatic carbocycles. The number of aryl methyl sites for hydroxylation is 2. The summed E-state index contributed by atoms with van der Waals surface area (Å²) in [4.78, 5) is 15.9. The molecule has 6 heteroatoms. The molecule has 0 saturated heterocycles. The van der Waals surface area contributed by atoms with E-state index in [9.17, 15) is 4.79 Å². The fraction of sp³-hybridized carbons (Fsp3) is 0.143. The second-order valence-electron chi connectivity index (χ2n) is 6.25. The lowest BCUT2D eigenvalue weighted by Crippen LogP contribution is -2.34. The van der Waals surface area contributed by atoms with Crippen molar-refractivity contribution in [3.8, 4) is 17.0 Å². The lowest BCUT2D eigenvalue weighted by molar-refractivity contribution is 0.252. The summed E-state index contributed by atoms with van der Waals surface area (Å²) in [5, 5.41) is 2.68. The number of nitrogens with zero attached hydrogens (tertiary/aromatic N) is 1. The Labute approximate surface area is 158 Å². The first-order chi connectivity index (χ1) is 13.1. The molecule has 0 aliphatic heterocycles. The van der Waals surface area contributed by atoms with E-state index in [1.165, 1.54) is 0 Å². The highest BCUT2D eigenvalue weighted by molar-refractivity contribution is 5.89. The molecule has 3 aromatic rings. The number of urea groups is 1. The minimum atomic E-state index is -0.478. The molecule has 2 aromatic carbocycles. The minimum Gasteiger partial charge on any atom is -0.489 e. The molecule has 0 saturated carbocycles. The average Bonchev–Trinajstić information content (AvgIpc) is 2.68. The fourth-order valence-electron chi connectivity index (χ4n) is 2.69. The molecule has 3 rings (SSSR count). The number of ether oxygens (including phenoxy) is 1. The van der Waals surface area contributed by atoms with Crippen molar-refractivity contribution in [2.75, 3.05) is 5.32 Å². The van der Waals surface area contributed by atoms with Crippen LogP contribution >= 0.6 is 0 Å². The molecule has 1 heterocycles. The monoisotopic (exact) mass is 362 g/mol. The van der Waals surface area contributed by atoms with Crippen LogP contribution in [0.3, 0.4) is 0 Å². The van der Waals surface area contributed by atoms with E-state index in [2.05, 4.69) is 21.8 Å². The van der Waals surface area contributed by atoms with Crippen LogP contribution in [-0.2, 0) is 6.61 Å². The average molecular weight is 362 g/mol. The van der Waals surface area contributed by atoms with Gasteiger partial charge in [0.05, 0.1) is 5.69 Å². The molecule has 1 aromatic heterocycles. The molecule has 0 fully saturated rings. The van der Waals surface area contributed by atoms with Crippen LogP contribution in [0.1, 0.15) is 16.7 Å². The van der Waals surface area contributed by atoms with Gasteiger partial charge in [0.15, 0.2) is 0 Å². The van der Waals surface area contributed by atoms with Gasteiger partial charge < -0.3 is 10.1 Å². The van der Waals surface area contributed by atoms with E-state index < -0.39 is 6.03 Å². The molecular formula is C21H22N4O2. The van der Waals surface area contributed by atoms with Gasteiger partial charge in [-0.2, -0.15) is 0 Å². The van der Waals surface area contributed by atoms with Crippen molar-refractivity contribution in [3.05, 3.63) is 77.5 Å². The molecule has 27 heavy (non-hydrogen) atoms. The van der Waals surface area contributed by atoms with Crippen LogP contribution < -0.4 is 21.3 Å². The smallest absolute Gasteiger partial charge is 0.333 e. The predicted molar refractivity (Wildman–Crippen MR) is 106 cm³/mol. The molecule has 0 unspecified atom stereocenters.